The Kier molecular flexibility index (Phi) is 3.88. The molecule has 4 nitrogen and oxygen atoms in total. The normalized spacial score (nSPS) is 22.2. The minimum Gasteiger partial charge on any atom is -0.481 e. The zero-order chi connectivity index (χ0) is 14.0. The molecule has 1 saturated carbocycles. The van der Waals surface area contributed by atoms with Crippen molar-refractivity contribution in [2.24, 2.45) is 5.92 Å². The van der Waals surface area contributed by atoms with Crippen molar-refractivity contribution in [3.8, 4) is 0 Å². The highest BCUT2D eigenvalue weighted by molar-refractivity contribution is 5.95. The van der Waals surface area contributed by atoms with E-state index in [2.05, 4.69) is 5.32 Å². The third-order valence-corrected chi connectivity index (χ3v) is 3.92. The average molecular weight is 261 g/mol. The van der Waals surface area contributed by atoms with Crippen LogP contribution in [0, 0.1) is 19.8 Å². The van der Waals surface area contributed by atoms with Crippen LogP contribution in [0.4, 0.5) is 0 Å². The Bertz CT molecular complexity index is 510. The second-order valence-corrected chi connectivity index (χ2v) is 5.25. The van der Waals surface area contributed by atoms with Crippen molar-refractivity contribution in [2.75, 3.05) is 0 Å². The Hall–Kier alpha value is -1.84. The van der Waals surface area contributed by atoms with Crippen molar-refractivity contribution in [2.45, 2.75) is 39.2 Å². The van der Waals surface area contributed by atoms with Crippen LogP contribution in [0.3, 0.4) is 0 Å². The Morgan fingerprint density at radius 1 is 1.21 bits per heavy atom. The van der Waals surface area contributed by atoms with E-state index in [1.54, 1.807) is 6.07 Å². The van der Waals surface area contributed by atoms with Gasteiger partial charge in [-0.15, -0.1) is 0 Å². The first-order valence-corrected chi connectivity index (χ1v) is 6.60. The number of aliphatic carboxylic acids is 1. The number of hydrogen-bond acceptors (Lipinski definition) is 2. The van der Waals surface area contributed by atoms with Crippen LogP contribution in [0.5, 0.6) is 0 Å². The van der Waals surface area contributed by atoms with Crippen LogP contribution in [0.15, 0.2) is 18.2 Å². The number of amides is 1. The first kappa shape index (κ1) is 13.6. The molecule has 1 amide bonds. The molecule has 1 aliphatic rings. The lowest BCUT2D eigenvalue weighted by Gasteiger charge is -2.17. The molecule has 2 N–H and O–H groups in total. The van der Waals surface area contributed by atoms with E-state index in [1.165, 1.54) is 0 Å². The molecule has 1 aromatic carbocycles. The molecule has 0 bridgehead atoms. The van der Waals surface area contributed by atoms with E-state index in [1.807, 2.05) is 26.0 Å². The highest BCUT2D eigenvalue weighted by Gasteiger charge is 2.33. The smallest absolute Gasteiger partial charge is 0.308 e. The maximum atomic E-state index is 12.1. The summed E-state index contributed by atoms with van der Waals surface area (Å²) < 4.78 is 0. The van der Waals surface area contributed by atoms with Gasteiger partial charge in [0.25, 0.3) is 5.91 Å². The number of nitrogens with one attached hydrogen (secondary N) is 1. The van der Waals surface area contributed by atoms with E-state index in [0.29, 0.717) is 12.0 Å². The lowest BCUT2D eigenvalue weighted by atomic mass is 10.0. The number of carboxylic acids is 1. The monoisotopic (exact) mass is 261 g/mol. The zero-order valence-corrected chi connectivity index (χ0v) is 11.3. The van der Waals surface area contributed by atoms with Gasteiger partial charge in [-0.05, 0) is 49.9 Å². The molecule has 1 aliphatic carbocycles. The van der Waals surface area contributed by atoms with Crippen molar-refractivity contribution < 1.29 is 14.7 Å². The number of hydrogen-bond donors (Lipinski definition) is 2. The minimum absolute atomic E-state index is 0.179. The lowest BCUT2D eigenvalue weighted by molar-refractivity contribution is -0.142. The first-order chi connectivity index (χ1) is 8.99. The molecule has 0 aliphatic heterocycles. The minimum atomic E-state index is -0.817. The van der Waals surface area contributed by atoms with Crippen molar-refractivity contribution in [3.63, 3.8) is 0 Å². The second-order valence-electron chi connectivity index (χ2n) is 5.25. The fourth-order valence-electron chi connectivity index (χ4n) is 2.56. The molecule has 2 atom stereocenters. The SMILES string of the molecule is Cc1ccc(C(=O)N[C@@H]2CCC[C@@H]2C(=O)O)cc1C. The van der Waals surface area contributed by atoms with Gasteiger partial charge in [0, 0.05) is 11.6 Å². The van der Waals surface area contributed by atoms with Crippen LogP contribution < -0.4 is 5.32 Å². The van der Waals surface area contributed by atoms with E-state index in [0.717, 1.165) is 24.0 Å². The molecule has 1 aromatic rings. The summed E-state index contributed by atoms with van der Waals surface area (Å²) in [6, 6.07) is 5.29. The summed E-state index contributed by atoms with van der Waals surface area (Å²) in [7, 11) is 0. The van der Waals surface area contributed by atoms with Gasteiger partial charge >= 0.3 is 5.97 Å². The number of carboxylic acid groups (broad SMARTS) is 1. The van der Waals surface area contributed by atoms with Crippen molar-refractivity contribution in [3.05, 3.63) is 34.9 Å². The number of benzene rings is 1. The molecule has 0 aromatic heterocycles. The molecule has 1 fully saturated rings. The Morgan fingerprint density at radius 2 is 1.95 bits per heavy atom. The largest absolute Gasteiger partial charge is 0.481 e. The molecular formula is C15H19NO3. The standard InChI is InChI=1S/C15H19NO3/c1-9-6-7-11(8-10(9)2)14(17)16-13-5-3-4-12(13)15(18)19/h6-8,12-13H,3-5H2,1-2H3,(H,16,17)(H,18,19)/t12-,13+/m0/s1. The highest BCUT2D eigenvalue weighted by atomic mass is 16.4. The van der Waals surface area contributed by atoms with E-state index < -0.39 is 11.9 Å². The molecular weight excluding hydrogens is 242 g/mol. The number of carbonyl (C=O) groups is 2. The van der Waals surface area contributed by atoms with Crippen LogP contribution in [0.25, 0.3) is 0 Å². The Labute approximate surface area is 112 Å². The van der Waals surface area contributed by atoms with Crippen LogP contribution in [-0.2, 0) is 4.79 Å². The van der Waals surface area contributed by atoms with Crippen LogP contribution >= 0.6 is 0 Å². The maximum Gasteiger partial charge on any atom is 0.308 e. The van der Waals surface area contributed by atoms with E-state index in [-0.39, 0.29) is 11.9 Å². The third kappa shape index (κ3) is 2.95. The Balaban J connectivity index is 2.08. The first-order valence-electron chi connectivity index (χ1n) is 6.60. The van der Waals surface area contributed by atoms with Crippen LogP contribution in [-0.4, -0.2) is 23.0 Å². The summed E-state index contributed by atoms with van der Waals surface area (Å²) in [5, 5.41) is 11.9. The van der Waals surface area contributed by atoms with E-state index in [4.69, 9.17) is 5.11 Å². The predicted molar refractivity (Wildman–Crippen MR) is 72.1 cm³/mol. The van der Waals surface area contributed by atoms with Crippen LogP contribution in [0.2, 0.25) is 0 Å². The Morgan fingerprint density at radius 3 is 2.58 bits per heavy atom. The number of rotatable bonds is 3. The highest BCUT2D eigenvalue weighted by Crippen LogP contribution is 2.26. The fraction of sp³-hybridized carbons (Fsp3) is 0.467. The van der Waals surface area contributed by atoms with Gasteiger partial charge in [-0.25, -0.2) is 0 Å². The summed E-state index contributed by atoms with van der Waals surface area (Å²) in [4.78, 5) is 23.2. The van der Waals surface area contributed by atoms with Crippen molar-refractivity contribution in [1.29, 1.82) is 0 Å². The van der Waals surface area contributed by atoms with E-state index >= 15 is 0 Å². The summed E-state index contributed by atoms with van der Waals surface area (Å²) in [6.07, 6.45) is 2.25. The van der Waals surface area contributed by atoms with Crippen molar-refractivity contribution >= 4 is 11.9 Å². The molecule has 0 radical (unpaired) electrons. The summed E-state index contributed by atoms with van der Waals surface area (Å²) in [5.41, 5.74) is 2.80. The number of aryl methyl sites for hydroxylation is 2. The molecule has 2 rings (SSSR count). The molecule has 0 unspecified atom stereocenters. The van der Waals surface area contributed by atoms with Gasteiger partial charge in [-0.3, -0.25) is 9.59 Å². The predicted octanol–water partition coefficient (Wildman–Crippen LogP) is 2.29. The maximum absolute atomic E-state index is 12.1. The summed E-state index contributed by atoms with van der Waals surface area (Å²) in [5.74, 6) is -1.44. The topological polar surface area (TPSA) is 66.4 Å². The molecule has 4 heteroatoms. The summed E-state index contributed by atoms with van der Waals surface area (Å²) >= 11 is 0. The quantitative estimate of drug-likeness (QED) is 0.877. The molecule has 19 heavy (non-hydrogen) atoms. The zero-order valence-electron chi connectivity index (χ0n) is 11.3. The third-order valence-electron chi connectivity index (χ3n) is 3.92. The second kappa shape index (κ2) is 5.43. The fourth-order valence-corrected chi connectivity index (χ4v) is 2.56. The average Bonchev–Trinajstić information content (AvgIpc) is 2.80. The molecule has 0 heterocycles. The van der Waals surface area contributed by atoms with E-state index in [9.17, 15) is 9.59 Å². The van der Waals surface area contributed by atoms with Gasteiger partial charge in [-0.1, -0.05) is 12.5 Å². The van der Waals surface area contributed by atoms with Gasteiger partial charge in [-0.2, -0.15) is 0 Å². The van der Waals surface area contributed by atoms with Crippen molar-refractivity contribution in [1.82, 2.24) is 5.32 Å². The lowest BCUT2D eigenvalue weighted by Crippen LogP contribution is -2.40. The number of carbonyl (C=O) groups excluding carboxylic acids is 1. The van der Waals surface area contributed by atoms with Gasteiger partial charge in [0.1, 0.15) is 0 Å². The molecule has 0 saturated heterocycles. The summed E-state index contributed by atoms with van der Waals surface area (Å²) in [6.45, 7) is 3.95. The molecule has 0 spiro atoms. The van der Waals surface area contributed by atoms with Gasteiger partial charge in [0.05, 0.1) is 5.92 Å². The van der Waals surface area contributed by atoms with Gasteiger partial charge in [0.15, 0.2) is 0 Å². The molecule has 102 valence electrons. The van der Waals surface area contributed by atoms with Gasteiger partial charge in [0.2, 0.25) is 0 Å². The van der Waals surface area contributed by atoms with Crippen LogP contribution in [0.1, 0.15) is 40.7 Å². The van der Waals surface area contributed by atoms with Gasteiger partial charge < -0.3 is 10.4 Å².